The normalized spacial score (nSPS) is 10.8. The van der Waals surface area contributed by atoms with Crippen molar-refractivity contribution < 1.29 is 4.74 Å². The molecule has 0 aliphatic carbocycles. The van der Waals surface area contributed by atoms with Gasteiger partial charge in [-0.15, -0.1) is 0 Å². The number of aryl methyl sites for hydroxylation is 1. The van der Waals surface area contributed by atoms with Gasteiger partial charge in [-0.25, -0.2) is 0 Å². The molecule has 0 saturated heterocycles. The van der Waals surface area contributed by atoms with E-state index in [0.29, 0.717) is 0 Å². The summed E-state index contributed by atoms with van der Waals surface area (Å²) in [6.07, 6.45) is 3.16. The van der Waals surface area contributed by atoms with Crippen LogP contribution in [0.1, 0.15) is 12.6 Å². The topological polar surface area (TPSA) is 14.2 Å². The van der Waals surface area contributed by atoms with Crippen molar-refractivity contribution in [2.24, 2.45) is 0 Å². The van der Waals surface area contributed by atoms with Crippen LogP contribution in [0.3, 0.4) is 0 Å². The van der Waals surface area contributed by atoms with Gasteiger partial charge in [-0.1, -0.05) is 36.7 Å². The molecule has 0 aliphatic heterocycles. The Morgan fingerprint density at radius 3 is 2.72 bits per heavy atom. The molecule has 1 aromatic heterocycles. The monoisotopic (exact) mass is 263 g/mol. The molecule has 96 valence electrons. The average molecular weight is 264 g/mol. The fourth-order valence-corrected chi connectivity index (χ4v) is 2.34. The van der Waals surface area contributed by atoms with Gasteiger partial charge in [-0.2, -0.15) is 0 Å². The Balaban J connectivity index is 2.35. The lowest BCUT2D eigenvalue weighted by Gasteiger charge is -2.05. The minimum absolute atomic E-state index is 0.726. The fraction of sp³-hybridized carbons (Fsp3) is 0.333. The minimum atomic E-state index is 0.726. The molecular weight excluding hydrogens is 246 g/mol. The summed E-state index contributed by atoms with van der Waals surface area (Å²) < 4.78 is 7.38. The Labute approximate surface area is 113 Å². The summed E-state index contributed by atoms with van der Waals surface area (Å²) in [6, 6.07) is 10.2. The molecule has 0 bridgehead atoms. The van der Waals surface area contributed by atoms with Crippen LogP contribution in [0.25, 0.3) is 11.1 Å². The highest BCUT2D eigenvalue weighted by Crippen LogP contribution is 2.29. The summed E-state index contributed by atoms with van der Waals surface area (Å²) in [5.41, 5.74) is 3.57. The van der Waals surface area contributed by atoms with Gasteiger partial charge < -0.3 is 9.30 Å². The van der Waals surface area contributed by atoms with Gasteiger partial charge in [-0.05, 0) is 18.6 Å². The van der Waals surface area contributed by atoms with Gasteiger partial charge in [0.05, 0.1) is 6.61 Å². The molecule has 1 heterocycles. The van der Waals surface area contributed by atoms with Crippen molar-refractivity contribution in [1.82, 2.24) is 4.57 Å². The van der Waals surface area contributed by atoms with Crippen LogP contribution in [0, 0.1) is 0 Å². The number of nitrogens with zero attached hydrogens (tertiary/aromatic N) is 1. The lowest BCUT2D eigenvalue weighted by Crippen LogP contribution is -2.05. The van der Waals surface area contributed by atoms with Crippen LogP contribution in [0.5, 0.6) is 0 Å². The number of hydrogen-bond acceptors (Lipinski definition) is 1. The maximum atomic E-state index is 6.23. The lowest BCUT2D eigenvalue weighted by atomic mass is 10.1. The van der Waals surface area contributed by atoms with Crippen LogP contribution in [0.4, 0.5) is 0 Å². The Bertz CT molecular complexity index is 519. The van der Waals surface area contributed by atoms with Crippen LogP contribution in [0.15, 0.2) is 36.5 Å². The van der Waals surface area contributed by atoms with Gasteiger partial charge in [0.2, 0.25) is 0 Å². The third-order valence-electron chi connectivity index (χ3n) is 3.07. The zero-order valence-corrected chi connectivity index (χ0v) is 11.6. The standard InChI is InChI=1S/C15H18ClNO/c1-3-13-10-12(11-17(13)8-9-18-2)14-6-4-5-7-15(14)16/h4-7,10-11H,3,8-9H2,1-2H3. The Morgan fingerprint density at radius 1 is 1.28 bits per heavy atom. The van der Waals surface area contributed by atoms with E-state index in [2.05, 4.69) is 29.8 Å². The summed E-state index contributed by atoms with van der Waals surface area (Å²) in [5, 5.41) is 0.795. The van der Waals surface area contributed by atoms with E-state index in [1.165, 1.54) is 11.3 Å². The van der Waals surface area contributed by atoms with Crippen molar-refractivity contribution in [3.05, 3.63) is 47.2 Å². The second-order valence-electron chi connectivity index (χ2n) is 4.24. The Morgan fingerprint density at radius 2 is 2.06 bits per heavy atom. The summed E-state index contributed by atoms with van der Waals surface area (Å²) in [6.45, 7) is 3.77. The third-order valence-corrected chi connectivity index (χ3v) is 3.40. The molecule has 0 unspecified atom stereocenters. The zero-order valence-electron chi connectivity index (χ0n) is 10.8. The molecule has 1 aromatic carbocycles. The quantitative estimate of drug-likeness (QED) is 0.795. The van der Waals surface area contributed by atoms with Crippen molar-refractivity contribution in [1.29, 1.82) is 0 Å². The number of benzene rings is 1. The first-order valence-corrected chi connectivity index (χ1v) is 6.57. The van der Waals surface area contributed by atoms with E-state index in [-0.39, 0.29) is 0 Å². The number of rotatable bonds is 5. The van der Waals surface area contributed by atoms with Gasteiger partial charge in [-0.3, -0.25) is 0 Å². The van der Waals surface area contributed by atoms with Crippen LogP contribution < -0.4 is 0 Å². The molecule has 2 rings (SSSR count). The molecule has 0 saturated carbocycles. The van der Waals surface area contributed by atoms with Gasteiger partial charge in [0.15, 0.2) is 0 Å². The molecule has 0 aliphatic rings. The summed E-state index contributed by atoms with van der Waals surface area (Å²) in [7, 11) is 1.73. The summed E-state index contributed by atoms with van der Waals surface area (Å²) >= 11 is 6.23. The van der Waals surface area contributed by atoms with E-state index in [9.17, 15) is 0 Å². The number of methoxy groups -OCH3 is 1. The predicted octanol–water partition coefficient (Wildman–Crippen LogP) is 4.02. The number of ether oxygens (including phenoxy) is 1. The number of halogens is 1. The van der Waals surface area contributed by atoms with E-state index in [1.54, 1.807) is 7.11 Å². The van der Waals surface area contributed by atoms with Gasteiger partial charge in [0.1, 0.15) is 0 Å². The van der Waals surface area contributed by atoms with Gasteiger partial charge >= 0.3 is 0 Å². The Hall–Kier alpha value is -1.25. The van der Waals surface area contributed by atoms with Crippen molar-refractivity contribution >= 4 is 11.6 Å². The number of aromatic nitrogens is 1. The maximum absolute atomic E-state index is 6.23. The zero-order chi connectivity index (χ0) is 13.0. The minimum Gasteiger partial charge on any atom is -0.383 e. The average Bonchev–Trinajstić information content (AvgIpc) is 2.80. The molecular formula is C15H18ClNO. The highest BCUT2D eigenvalue weighted by atomic mass is 35.5. The molecule has 0 fully saturated rings. The van der Waals surface area contributed by atoms with Crippen LogP contribution >= 0.6 is 11.6 Å². The first-order chi connectivity index (χ1) is 8.76. The van der Waals surface area contributed by atoms with Crippen LogP contribution in [-0.4, -0.2) is 18.3 Å². The second-order valence-corrected chi connectivity index (χ2v) is 4.65. The molecule has 0 N–H and O–H groups in total. The van der Waals surface area contributed by atoms with E-state index in [0.717, 1.165) is 30.2 Å². The number of hydrogen-bond donors (Lipinski definition) is 0. The highest BCUT2D eigenvalue weighted by Gasteiger charge is 2.08. The third kappa shape index (κ3) is 2.77. The molecule has 2 nitrogen and oxygen atoms in total. The molecule has 0 atom stereocenters. The maximum Gasteiger partial charge on any atom is 0.0641 e. The van der Waals surface area contributed by atoms with E-state index >= 15 is 0 Å². The van der Waals surface area contributed by atoms with E-state index < -0.39 is 0 Å². The first kappa shape index (κ1) is 13.2. The van der Waals surface area contributed by atoms with Crippen LogP contribution in [-0.2, 0) is 17.7 Å². The molecule has 0 amide bonds. The largest absolute Gasteiger partial charge is 0.383 e. The van der Waals surface area contributed by atoms with Gasteiger partial charge in [0.25, 0.3) is 0 Å². The first-order valence-electron chi connectivity index (χ1n) is 6.19. The predicted molar refractivity (Wildman–Crippen MR) is 76.1 cm³/mol. The van der Waals surface area contributed by atoms with Crippen molar-refractivity contribution in [2.45, 2.75) is 19.9 Å². The smallest absolute Gasteiger partial charge is 0.0641 e. The molecule has 3 heteroatoms. The second kappa shape index (κ2) is 6.07. The molecule has 0 spiro atoms. The van der Waals surface area contributed by atoms with Crippen molar-refractivity contribution in [3.8, 4) is 11.1 Å². The SMILES string of the molecule is CCc1cc(-c2ccccc2Cl)cn1CCOC. The molecule has 0 radical (unpaired) electrons. The Kier molecular flexibility index (Phi) is 4.45. The summed E-state index contributed by atoms with van der Waals surface area (Å²) in [5.74, 6) is 0. The van der Waals surface area contributed by atoms with Crippen molar-refractivity contribution in [3.63, 3.8) is 0 Å². The van der Waals surface area contributed by atoms with Crippen LogP contribution in [0.2, 0.25) is 5.02 Å². The van der Waals surface area contributed by atoms with E-state index in [1.807, 2.05) is 18.2 Å². The van der Waals surface area contributed by atoms with Crippen molar-refractivity contribution in [2.75, 3.05) is 13.7 Å². The summed E-state index contributed by atoms with van der Waals surface area (Å²) in [4.78, 5) is 0. The van der Waals surface area contributed by atoms with E-state index in [4.69, 9.17) is 16.3 Å². The highest BCUT2D eigenvalue weighted by molar-refractivity contribution is 6.33. The molecule has 18 heavy (non-hydrogen) atoms. The molecule has 2 aromatic rings. The fourth-order valence-electron chi connectivity index (χ4n) is 2.10. The van der Waals surface area contributed by atoms with Gasteiger partial charge in [0, 0.05) is 41.7 Å². The lowest BCUT2D eigenvalue weighted by molar-refractivity contribution is 0.186.